The molecule has 6 heteroatoms. The molecule has 19 heavy (non-hydrogen) atoms. The molecule has 4 nitrogen and oxygen atoms in total. The molecule has 1 saturated heterocycles. The first-order chi connectivity index (χ1) is 8.64. The van der Waals surface area contributed by atoms with Gasteiger partial charge in [-0.2, -0.15) is 0 Å². The van der Waals surface area contributed by atoms with Crippen molar-refractivity contribution >= 4 is 29.7 Å². The third kappa shape index (κ3) is 3.27. The van der Waals surface area contributed by atoms with Crippen molar-refractivity contribution in [2.24, 2.45) is 11.1 Å². The summed E-state index contributed by atoms with van der Waals surface area (Å²) < 4.78 is 0. The van der Waals surface area contributed by atoms with Crippen LogP contribution in [0.15, 0.2) is 5.38 Å². The van der Waals surface area contributed by atoms with Gasteiger partial charge in [-0.15, -0.1) is 23.7 Å². The molecule has 0 aliphatic carbocycles. The van der Waals surface area contributed by atoms with Crippen molar-refractivity contribution < 1.29 is 4.79 Å². The Balaban J connectivity index is 0.00000180. The van der Waals surface area contributed by atoms with Crippen LogP contribution in [0.5, 0.6) is 0 Å². The quantitative estimate of drug-likeness (QED) is 0.930. The van der Waals surface area contributed by atoms with E-state index < -0.39 is 0 Å². The summed E-state index contributed by atoms with van der Waals surface area (Å²) >= 11 is 1.46. The van der Waals surface area contributed by atoms with E-state index in [-0.39, 0.29) is 18.3 Å². The number of hydrogen-bond acceptors (Lipinski definition) is 4. The number of aromatic nitrogens is 1. The Morgan fingerprint density at radius 1 is 1.53 bits per heavy atom. The van der Waals surface area contributed by atoms with Gasteiger partial charge in [0.2, 0.25) is 0 Å². The van der Waals surface area contributed by atoms with Crippen LogP contribution >= 0.6 is 23.7 Å². The van der Waals surface area contributed by atoms with Gasteiger partial charge in [-0.25, -0.2) is 4.98 Å². The third-order valence-corrected chi connectivity index (χ3v) is 5.04. The Kier molecular flexibility index (Phi) is 5.77. The summed E-state index contributed by atoms with van der Waals surface area (Å²) in [4.78, 5) is 18.5. The second-order valence-electron chi connectivity index (χ2n) is 5.01. The molecule has 1 aliphatic heterocycles. The number of amides is 1. The normalized spacial score (nSPS) is 17.3. The fourth-order valence-corrected chi connectivity index (χ4v) is 3.25. The molecule has 0 atom stereocenters. The van der Waals surface area contributed by atoms with E-state index >= 15 is 0 Å². The third-order valence-electron chi connectivity index (χ3n) is 4.17. The number of likely N-dealkylation sites (tertiary alicyclic amines) is 1. The van der Waals surface area contributed by atoms with Gasteiger partial charge >= 0.3 is 0 Å². The fourth-order valence-electron chi connectivity index (χ4n) is 2.60. The lowest BCUT2D eigenvalue weighted by molar-refractivity contribution is 0.0764. The SMILES string of the molecule is CCC1(CC)CCN(C(=O)c2csc(CN)n2)C1.Cl. The summed E-state index contributed by atoms with van der Waals surface area (Å²) in [6.45, 7) is 6.57. The standard InChI is InChI=1S/C13H21N3OS.ClH/c1-3-13(4-2)5-6-16(9-13)12(17)10-8-18-11(7-14)15-10;/h8H,3-7,9,14H2,1-2H3;1H. The van der Waals surface area contributed by atoms with Gasteiger partial charge in [0.05, 0.1) is 0 Å². The number of nitrogens with two attached hydrogens (primary N) is 1. The maximum atomic E-state index is 12.3. The van der Waals surface area contributed by atoms with Crippen LogP contribution < -0.4 is 5.73 Å². The number of carbonyl (C=O) groups is 1. The van der Waals surface area contributed by atoms with Gasteiger partial charge in [0, 0.05) is 25.0 Å². The average Bonchev–Trinajstić information content (AvgIpc) is 3.05. The molecule has 1 fully saturated rings. The van der Waals surface area contributed by atoms with Crippen LogP contribution in [0.1, 0.15) is 48.6 Å². The minimum absolute atomic E-state index is 0. The lowest BCUT2D eigenvalue weighted by atomic mass is 9.82. The van der Waals surface area contributed by atoms with E-state index in [2.05, 4.69) is 18.8 Å². The van der Waals surface area contributed by atoms with Crippen LogP contribution in [0.25, 0.3) is 0 Å². The van der Waals surface area contributed by atoms with Crippen LogP contribution in [0, 0.1) is 5.41 Å². The molecule has 108 valence electrons. The van der Waals surface area contributed by atoms with Crippen molar-refractivity contribution in [3.8, 4) is 0 Å². The number of thiazole rings is 1. The smallest absolute Gasteiger partial charge is 0.273 e. The highest BCUT2D eigenvalue weighted by Crippen LogP contribution is 2.37. The topological polar surface area (TPSA) is 59.2 Å². The zero-order valence-electron chi connectivity index (χ0n) is 11.5. The molecule has 1 amide bonds. The van der Waals surface area contributed by atoms with E-state index in [1.165, 1.54) is 11.3 Å². The van der Waals surface area contributed by atoms with Crippen LogP contribution in [0.3, 0.4) is 0 Å². The van der Waals surface area contributed by atoms with E-state index in [4.69, 9.17) is 5.73 Å². The molecule has 0 radical (unpaired) electrons. The molecule has 0 aromatic carbocycles. The van der Waals surface area contributed by atoms with Crippen molar-refractivity contribution in [2.75, 3.05) is 13.1 Å². The molecular formula is C13H22ClN3OS. The Bertz CT molecular complexity index is 431. The molecule has 1 aromatic rings. The zero-order chi connectivity index (χ0) is 13.2. The van der Waals surface area contributed by atoms with Crippen molar-refractivity contribution in [1.29, 1.82) is 0 Å². The molecule has 2 N–H and O–H groups in total. The molecule has 1 aromatic heterocycles. The summed E-state index contributed by atoms with van der Waals surface area (Å²) in [5.41, 5.74) is 6.41. The average molecular weight is 304 g/mol. The maximum Gasteiger partial charge on any atom is 0.273 e. The summed E-state index contributed by atoms with van der Waals surface area (Å²) in [7, 11) is 0. The second kappa shape index (κ2) is 6.68. The first-order valence-corrected chi connectivity index (χ1v) is 7.46. The maximum absolute atomic E-state index is 12.3. The highest BCUT2D eigenvalue weighted by molar-refractivity contribution is 7.09. The molecular weight excluding hydrogens is 282 g/mol. The first kappa shape index (κ1) is 16.4. The number of nitrogens with zero attached hydrogens (tertiary/aromatic N) is 2. The minimum atomic E-state index is 0. The summed E-state index contributed by atoms with van der Waals surface area (Å²) in [5, 5.41) is 2.65. The Hall–Kier alpha value is -0.650. The molecule has 2 rings (SSSR count). The molecule has 0 unspecified atom stereocenters. The zero-order valence-corrected chi connectivity index (χ0v) is 13.1. The van der Waals surface area contributed by atoms with Crippen LogP contribution in [-0.4, -0.2) is 28.9 Å². The van der Waals surface area contributed by atoms with Crippen LogP contribution in [0.4, 0.5) is 0 Å². The van der Waals surface area contributed by atoms with Gasteiger partial charge in [0.25, 0.3) is 5.91 Å². The van der Waals surface area contributed by atoms with E-state index in [1.807, 2.05) is 10.3 Å². The lowest BCUT2D eigenvalue weighted by Gasteiger charge is -2.26. The van der Waals surface area contributed by atoms with E-state index in [0.29, 0.717) is 17.7 Å². The van der Waals surface area contributed by atoms with Crippen molar-refractivity contribution in [3.05, 3.63) is 16.1 Å². The number of hydrogen-bond donors (Lipinski definition) is 1. The van der Waals surface area contributed by atoms with Gasteiger partial charge in [0.1, 0.15) is 10.7 Å². The largest absolute Gasteiger partial charge is 0.337 e. The van der Waals surface area contributed by atoms with Crippen LogP contribution in [0.2, 0.25) is 0 Å². The molecule has 2 heterocycles. The summed E-state index contributed by atoms with van der Waals surface area (Å²) in [6.07, 6.45) is 3.39. The number of halogens is 1. The van der Waals surface area contributed by atoms with Gasteiger partial charge in [-0.1, -0.05) is 13.8 Å². The van der Waals surface area contributed by atoms with Gasteiger partial charge in [0.15, 0.2) is 0 Å². The Labute approximate surface area is 124 Å². The number of carbonyl (C=O) groups excluding carboxylic acids is 1. The van der Waals surface area contributed by atoms with Crippen molar-refractivity contribution in [1.82, 2.24) is 9.88 Å². The highest BCUT2D eigenvalue weighted by Gasteiger charge is 2.37. The van der Waals surface area contributed by atoms with E-state index in [0.717, 1.165) is 37.4 Å². The van der Waals surface area contributed by atoms with Gasteiger partial charge in [-0.05, 0) is 24.7 Å². The first-order valence-electron chi connectivity index (χ1n) is 6.58. The predicted molar refractivity (Wildman–Crippen MR) is 80.8 cm³/mol. The van der Waals surface area contributed by atoms with Gasteiger partial charge in [-0.3, -0.25) is 4.79 Å². The van der Waals surface area contributed by atoms with E-state index in [1.54, 1.807) is 0 Å². The second-order valence-corrected chi connectivity index (χ2v) is 5.96. The summed E-state index contributed by atoms with van der Waals surface area (Å²) in [6, 6.07) is 0. The van der Waals surface area contributed by atoms with E-state index in [9.17, 15) is 4.79 Å². The summed E-state index contributed by atoms with van der Waals surface area (Å²) in [5.74, 6) is 0.0646. The fraction of sp³-hybridized carbons (Fsp3) is 0.692. The molecule has 0 saturated carbocycles. The lowest BCUT2D eigenvalue weighted by Crippen LogP contribution is -2.32. The monoisotopic (exact) mass is 303 g/mol. The Morgan fingerprint density at radius 3 is 2.68 bits per heavy atom. The molecule has 0 bridgehead atoms. The molecule has 0 spiro atoms. The minimum Gasteiger partial charge on any atom is -0.337 e. The molecule has 1 aliphatic rings. The van der Waals surface area contributed by atoms with Gasteiger partial charge < -0.3 is 10.6 Å². The Morgan fingerprint density at radius 2 is 2.21 bits per heavy atom. The van der Waals surface area contributed by atoms with Crippen molar-refractivity contribution in [2.45, 2.75) is 39.7 Å². The van der Waals surface area contributed by atoms with Crippen molar-refractivity contribution in [3.63, 3.8) is 0 Å². The highest BCUT2D eigenvalue weighted by atomic mass is 35.5. The number of rotatable bonds is 4. The van der Waals surface area contributed by atoms with Crippen LogP contribution in [-0.2, 0) is 6.54 Å². The predicted octanol–water partition coefficient (Wildman–Crippen LogP) is 2.68.